The molecule has 0 spiro atoms. The second-order valence-corrected chi connectivity index (χ2v) is 3.19. The summed E-state index contributed by atoms with van der Waals surface area (Å²) in [7, 11) is 0. The maximum atomic E-state index is 10.9. The van der Waals surface area contributed by atoms with Gasteiger partial charge in [0.15, 0.2) is 5.78 Å². The van der Waals surface area contributed by atoms with E-state index in [1.807, 2.05) is 0 Å². The molecule has 14 heavy (non-hydrogen) atoms. The average molecular weight is 209 g/mol. The van der Waals surface area contributed by atoms with Crippen LogP contribution in [0.5, 0.6) is 0 Å². The fraction of sp³-hybridized carbons (Fsp3) is 0.0909. The number of hydrogen-bond acceptors (Lipinski definition) is 2. The molecule has 72 valence electrons. The average Bonchev–Trinajstić information content (AvgIpc) is 2.15. The first-order chi connectivity index (χ1) is 6.59. The van der Waals surface area contributed by atoms with E-state index < -0.39 is 5.24 Å². The van der Waals surface area contributed by atoms with Crippen LogP contribution in [0.2, 0.25) is 0 Å². The zero-order valence-corrected chi connectivity index (χ0v) is 8.41. The van der Waals surface area contributed by atoms with Crippen LogP contribution in [0, 0.1) is 0 Å². The van der Waals surface area contributed by atoms with Gasteiger partial charge in [-0.2, -0.15) is 0 Å². The summed E-state index contributed by atoms with van der Waals surface area (Å²) in [6.45, 7) is 1.51. The lowest BCUT2D eigenvalue weighted by Crippen LogP contribution is -1.90. The topological polar surface area (TPSA) is 34.1 Å². The fourth-order valence-electron chi connectivity index (χ4n) is 0.991. The molecule has 0 fully saturated rings. The highest BCUT2D eigenvalue weighted by molar-refractivity contribution is 6.66. The Labute approximate surface area is 87.2 Å². The number of carbonyl (C=O) groups is 2. The fourth-order valence-corrected chi connectivity index (χ4v) is 1.05. The van der Waals surface area contributed by atoms with E-state index in [4.69, 9.17) is 11.6 Å². The van der Waals surface area contributed by atoms with Gasteiger partial charge in [-0.3, -0.25) is 9.59 Å². The molecule has 1 aromatic rings. The largest absolute Gasteiger partial charge is 0.295 e. The molecular weight excluding hydrogens is 200 g/mol. The highest BCUT2D eigenvalue weighted by Gasteiger charge is 1.96. The molecule has 0 aliphatic heterocycles. The van der Waals surface area contributed by atoms with Crippen molar-refractivity contribution >= 4 is 28.7 Å². The molecule has 0 unspecified atom stereocenters. The summed E-state index contributed by atoms with van der Waals surface area (Å²) in [6.07, 6.45) is 2.86. The van der Waals surface area contributed by atoms with Crippen molar-refractivity contribution in [1.29, 1.82) is 0 Å². The molecule has 1 aromatic carbocycles. The number of ketones is 1. The molecule has 0 heterocycles. The molecule has 0 aromatic heterocycles. The molecule has 1 rings (SSSR count). The van der Waals surface area contributed by atoms with Crippen molar-refractivity contribution in [3.05, 3.63) is 41.5 Å². The number of rotatable bonds is 3. The van der Waals surface area contributed by atoms with Gasteiger partial charge in [0.1, 0.15) is 0 Å². The van der Waals surface area contributed by atoms with Crippen LogP contribution in [0.4, 0.5) is 0 Å². The highest BCUT2D eigenvalue weighted by atomic mass is 35.5. The second kappa shape index (κ2) is 4.72. The predicted molar refractivity (Wildman–Crippen MR) is 56.3 cm³/mol. The van der Waals surface area contributed by atoms with Crippen molar-refractivity contribution < 1.29 is 9.59 Å². The van der Waals surface area contributed by atoms with Gasteiger partial charge in [-0.1, -0.05) is 30.3 Å². The van der Waals surface area contributed by atoms with Crippen molar-refractivity contribution in [2.45, 2.75) is 6.92 Å². The van der Waals surface area contributed by atoms with E-state index in [1.165, 1.54) is 13.0 Å². The Hall–Kier alpha value is -1.41. The molecule has 0 N–H and O–H groups in total. The first kappa shape index (κ1) is 10.7. The molecule has 0 aliphatic rings. The molecule has 0 amide bonds. The van der Waals surface area contributed by atoms with Crippen LogP contribution in [0.25, 0.3) is 6.08 Å². The number of Topliss-reactive ketones (excluding diaryl/α,β-unsaturated/α-hetero) is 1. The van der Waals surface area contributed by atoms with Gasteiger partial charge in [0, 0.05) is 5.56 Å². The maximum absolute atomic E-state index is 10.9. The van der Waals surface area contributed by atoms with E-state index in [-0.39, 0.29) is 5.78 Å². The summed E-state index contributed by atoms with van der Waals surface area (Å²) >= 11 is 5.13. The van der Waals surface area contributed by atoms with Crippen LogP contribution in [-0.2, 0) is 4.79 Å². The normalized spacial score (nSPS) is 10.4. The van der Waals surface area contributed by atoms with Gasteiger partial charge in [-0.05, 0) is 30.2 Å². The number of carbonyl (C=O) groups excluding carboxylic acids is 2. The van der Waals surface area contributed by atoms with Crippen molar-refractivity contribution in [3.8, 4) is 0 Å². The van der Waals surface area contributed by atoms with Crippen LogP contribution >= 0.6 is 11.6 Å². The summed E-state index contributed by atoms with van der Waals surface area (Å²) in [5.41, 5.74) is 1.49. The third-order valence-corrected chi connectivity index (χ3v) is 1.85. The number of benzene rings is 1. The Bertz CT molecular complexity index is 377. The minimum Gasteiger partial charge on any atom is -0.295 e. The number of allylic oxidation sites excluding steroid dienone is 1. The SMILES string of the molecule is CC(=O)c1ccc(/C=C/C(=O)Cl)cc1. The number of hydrogen-bond donors (Lipinski definition) is 0. The van der Waals surface area contributed by atoms with Gasteiger partial charge < -0.3 is 0 Å². The Kier molecular flexibility index (Phi) is 3.60. The lowest BCUT2D eigenvalue weighted by atomic mass is 10.1. The first-order valence-electron chi connectivity index (χ1n) is 4.08. The lowest BCUT2D eigenvalue weighted by Gasteiger charge is -1.95. The molecule has 0 atom stereocenters. The van der Waals surface area contributed by atoms with Crippen LogP contribution in [-0.4, -0.2) is 11.0 Å². The van der Waals surface area contributed by atoms with E-state index in [9.17, 15) is 9.59 Å². The monoisotopic (exact) mass is 208 g/mol. The van der Waals surface area contributed by atoms with Gasteiger partial charge in [0.25, 0.3) is 0 Å². The first-order valence-corrected chi connectivity index (χ1v) is 4.46. The van der Waals surface area contributed by atoms with Crippen LogP contribution in [0.1, 0.15) is 22.8 Å². The summed E-state index contributed by atoms with van der Waals surface area (Å²) in [5, 5.41) is -0.513. The third-order valence-electron chi connectivity index (χ3n) is 1.72. The molecule has 0 radical (unpaired) electrons. The van der Waals surface area contributed by atoms with E-state index in [2.05, 4.69) is 0 Å². The second-order valence-electron chi connectivity index (χ2n) is 2.82. The van der Waals surface area contributed by atoms with Gasteiger partial charge in [-0.15, -0.1) is 0 Å². The van der Waals surface area contributed by atoms with Gasteiger partial charge in [0.2, 0.25) is 5.24 Å². The summed E-state index contributed by atoms with van der Waals surface area (Å²) in [4.78, 5) is 21.3. The highest BCUT2D eigenvalue weighted by Crippen LogP contribution is 2.07. The zero-order valence-electron chi connectivity index (χ0n) is 7.66. The Morgan fingerprint density at radius 3 is 2.21 bits per heavy atom. The smallest absolute Gasteiger partial charge is 0.245 e. The van der Waals surface area contributed by atoms with Crippen LogP contribution < -0.4 is 0 Å². The van der Waals surface area contributed by atoms with Crippen LogP contribution in [0.3, 0.4) is 0 Å². The van der Waals surface area contributed by atoms with Gasteiger partial charge in [-0.25, -0.2) is 0 Å². The standard InChI is InChI=1S/C11H9ClO2/c1-8(13)10-5-2-9(3-6-10)4-7-11(12)14/h2-7H,1H3/b7-4+. The van der Waals surface area contributed by atoms with Crippen molar-refractivity contribution in [3.63, 3.8) is 0 Å². The number of halogens is 1. The van der Waals surface area contributed by atoms with Crippen LogP contribution in [0.15, 0.2) is 30.3 Å². The molecule has 0 bridgehead atoms. The van der Waals surface area contributed by atoms with Gasteiger partial charge in [0.05, 0.1) is 0 Å². The molecule has 0 saturated heterocycles. The molecule has 3 heteroatoms. The predicted octanol–water partition coefficient (Wildman–Crippen LogP) is 2.67. The Morgan fingerprint density at radius 2 is 1.79 bits per heavy atom. The van der Waals surface area contributed by atoms with Crippen molar-refractivity contribution in [1.82, 2.24) is 0 Å². The molecule has 0 saturated carbocycles. The van der Waals surface area contributed by atoms with E-state index >= 15 is 0 Å². The van der Waals surface area contributed by atoms with E-state index in [0.717, 1.165) is 5.56 Å². The maximum Gasteiger partial charge on any atom is 0.245 e. The van der Waals surface area contributed by atoms with E-state index in [0.29, 0.717) is 5.56 Å². The summed E-state index contributed by atoms with van der Waals surface area (Å²) in [6, 6.07) is 6.93. The minimum atomic E-state index is -0.513. The minimum absolute atomic E-state index is 0.0222. The summed E-state index contributed by atoms with van der Waals surface area (Å²) < 4.78 is 0. The molecule has 0 aliphatic carbocycles. The quantitative estimate of drug-likeness (QED) is 0.435. The van der Waals surface area contributed by atoms with Gasteiger partial charge >= 0.3 is 0 Å². The Morgan fingerprint density at radius 1 is 1.21 bits per heavy atom. The summed E-state index contributed by atoms with van der Waals surface area (Å²) in [5.74, 6) is 0.0222. The van der Waals surface area contributed by atoms with E-state index in [1.54, 1.807) is 30.3 Å². The van der Waals surface area contributed by atoms with Crippen molar-refractivity contribution in [2.75, 3.05) is 0 Å². The molecule has 2 nitrogen and oxygen atoms in total. The lowest BCUT2D eigenvalue weighted by molar-refractivity contribution is -0.107. The Balaban J connectivity index is 2.83. The zero-order chi connectivity index (χ0) is 10.6. The third kappa shape index (κ3) is 3.15. The molecular formula is C11H9ClO2. The van der Waals surface area contributed by atoms with Crippen molar-refractivity contribution in [2.24, 2.45) is 0 Å².